The van der Waals surface area contributed by atoms with Crippen LogP contribution in [-0.4, -0.2) is 53.9 Å². The first-order chi connectivity index (χ1) is 15.8. The summed E-state index contributed by atoms with van der Waals surface area (Å²) in [6, 6.07) is 13.6. The van der Waals surface area contributed by atoms with E-state index in [1.807, 2.05) is 30.9 Å². The Labute approximate surface area is 196 Å². The molecular formula is C27H35NO5. The Hall–Kier alpha value is -2.57. The van der Waals surface area contributed by atoms with Gasteiger partial charge in [-0.3, -0.25) is 4.79 Å². The summed E-state index contributed by atoms with van der Waals surface area (Å²) >= 11 is 0. The SMILES string of the molecule is COc1cc(C(=O)N2CCC3(CC2)C[C@H](O)C[C@@H](c2ccccc2C)O3)ccc1OC(C)C. The molecule has 6 heteroatoms. The Kier molecular flexibility index (Phi) is 6.96. The van der Waals surface area contributed by atoms with Gasteiger partial charge in [-0.15, -0.1) is 0 Å². The highest BCUT2D eigenvalue weighted by Gasteiger charge is 2.44. The molecule has 4 rings (SSSR count). The van der Waals surface area contributed by atoms with E-state index in [1.165, 1.54) is 5.56 Å². The van der Waals surface area contributed by atoms with Gasteiger partial charge in [0.05, 0.1) is 31.0 Å². The second kappa shape index (κ2) is 9.74. The van der Waals surface area contributed by atoms with Crippen LogP contribution in [0.2, 0.25) is 0 Å². The van der Waals surface area contributed by atoms with Gasteiger partial charge >= 0.3 is 0 Å². The van der Waals surface area contributed by atoms with Crippen molar-refractivity contribution in [1.82, 2.24) is 4.90 Å². The summed E-state index contributed by atoms with van der Waals surface area (Å²) in [6.07, 6.45) is 2.16. The number of methoxy groups -OCH3 is 1. The molecule has 1 amide bonds. The lowest BCUT2D eigenvalue weighted by Gasteiger charge is -2.48. The Morgan fingerprint density at radius 2 is 1.88 bits per heavy atom. The van der Waals surface area contributed by atoms with Crippen LogP contribution < -0.4 is 9.47 Å². The fourth-order valence-electron chi connectivity index (χ4n) is 5.07. The zero-order chi connectivity index (χ0) is 23.6. The number of hydrogen-bond acceptors (Lipinski definition) is 5. The lowest BCUT2D eigenvalue weighted by molar-refractivity contribution is -0.181. The van der Waals surface area contributed by atoms with Gasteiger partial charge in [0.2, 0.25) is 0 Å². The number of rotatable bonds is 5. The van der Waals surface area contributed by atoms with Gasteiger partial charge < -0.3 is 24.2 Å². The predicted octanol–water partition coefficient (Wildman–Crippen LogP) is 4.68. The van der Waals surface area contributed by atoms with Crippen LogP contribution in [0.3, 0.4) is 0 Å². The average molecular weight is 454 g/mol. The largest absolute Gasteiger partial charge is 0.493 e. The molecule has 0 unspecified atom stereocenters. The zero-order valence-electron chi connectivity index (χ0n) is 20.0. The number of hydrogen-bond donors (Lipinski definition) is 1. The van der Waals surface area contributed by atoms with Gasteiger partial charge in [0, 0.05) is 31.5 Å². The molecule has 0 radical (unpaired) electrons. The summed E-state index contributed by atoms with van der Waals surface area (Å²) in [7, 11) is 1.58. The standard InChI is InChI=1S/C27H35NO5/c1-18(2)32-23-10-9-20(15-25(23)31-4)26(30)28-13-11-27(12-14-28)17-21(29)16-24(33-27)22-8-6-5-7-19(22)3/h5-10,15,18,21,24,29H,11-14,16-17H2,1-4H3/t21-,24+/m1/s1. The molecule has 33 heavy (non-hydrogen) atoms. The molecule has 6 nitrogen and oxygen atoms in total. The summed E-state index contributed by atoms with van der Waals surface area (Å²) in [5, 5.41) is 10.7. The van der Waals surface area contributed by atoms with E-state index < -0.39 is 11.7 Å². The maximum atomic E-state index is 13.2. The van der Waals surface area contributed by atoms with Gasteiger partial charge in [-0.1, -0.05) is 24.3 Å². The number of carbonyl (C=O) groups is 1. The Morgan fingerprint density at radius 3 is 2.55 bits per heavy atom. The first-order valence-electron chi connectivity index (χ1n) is 11.9. The maximum absolute atomic E-state index is 13.2. The smallest absolute Gasteiger partial charge is 0.253 e. The highest BCUT2D eigenvalue weighted by atomic mass is 16.5. The number of aliphatic hydroxyl groups excluding tert-OH is 1. The number of likely N-dealkylation sites (tertiary alicyclic amines) is 1. The van der Waals surface area contributed by atoms with Crippen LogP contribution in [0.15, 0.2) is 42.5 Å². The average Bonchev–Trinajstić information content (AvgIpc) is 2.79. The Morgan fingerprint density at radius 1 is 1.15 bits per heavy atom. The number of aryl methyl sites for hydroxylation is 1. The minimum absolute atomic E-state index is 0.0214. The molecule has 0 saturated carbocycles. The Bertz CT molecular complexity index is 980. The summed E-state index contributed by atoms with van der Waals surface area (Å²) < 4.78 is 17.9. The first kappa shape index (κ1) is 23.6. The van der Waals surface area contributed by atoms with Crippen molar-refractivity contribution in [1.29, 1.82) is 0 Å². The van der Waals surface area contributed by atoms with Gasteiger partial charge in [-0.2, -0.15) is 0 Å². The van der Waals surface area contributed by atoms with Gasteiger partial charge in [0.15, 0.2) is 11.5 Å². The van der Waals surface area contributed by atoms with E-state index in [1.54, 1.807) is 25.3 Å². The van der Waals surface area contributed by atoms with E-state index in [0.717, 1.165) is 5.56 Å². The highest BCUT2D eigenvalue weighted by molar-refractivity contribution is 5.95. The van der Waals surface area contributed by atoms with E-state index in [-0.39, 0.29) is 18.1 Å². The molecule has 2 aliphatic heterocycles. The zero-order valence-corrected chi connectivity index (χ0v) is 20.0. The van der Waals surface area contributed by atoms with Crippen LogP contribution in [0.25, 0.3) is 0 Å². The van der Waals surface area contributed by atoms with Crippen molar-refractivity contribution in [2.24, 2.45) is 0 Å². The molecule has 2 saturated heterocycles. The topological polar surface area (TPSA) is 68.2 Å². The molecule has 1 spiro atoms. The van der Waals surface area contributed by atoms with Crippen LogP contribution in [-0.2, 0) is 4.74 Å². The van der Waals surface area contributed by atoms with Crippen molar-refractivity contribution in [3.8, 4) is 11.5 Å². The van der Waals surface area contributed by atoms with E-state index >= 15 is 0 Å². The minimum Gasteiger partial charge on any atom is -0.493 e. The second-order valence-electron chi connectivity index (χ2n) is 9.56. The molecule has 0 bridgehead atoms. The van der Waals surface area contributed by atoms with E-state index in [0.29, 0.717) is 55.8 Å². The molecule has 2 aromatic carbocycles. The van der Waals surface area contributed by atoms with Gasteiger partial charge in [-0.05, 0) is 62.9 Å². The van der Waals surface area contributed by atoms with Crippen molar-refractivity contribution in [3.63, 3.8) is 0 Å². The second-order valence-corrected chi connectivity index (χ2v) is 9.56. The number of benzene rings is 2. The number of piperidine rings is 1. The van der Waals surface area contributed by atoms with E-state index in [4.69, 9.17) is 14.2 Å². The van der Waals surface area contributed by atoms with Crippen LogP contribution in [0, 0.1) is 6.92 Å². The predicted molar refractivity (Wildman–Crippen MR) is 127 cm³/mol. The lowest BCUT2D eigenvalue weighted by atomic mass is 9.80. The van der Waals surface area contributed by atoms with Gasteiger partial charge in [0.25, 0.3) is 5.91 Å². The molecule has 2 fully saturated rings. The maximum Gasteiger partial charge on any atom is 0.253 e. The normalized spacial score (nSPS) is 22.4. The summed E-state index contributed by atoms with van der Waals surface area (Å²) in [6.45, 7) is 7.18. The summed E-state index contributed by atoms with van der Waals surface area (Å²) in [4.78, 5) is 15.1. The summed E-state index contributed by atoms with van der Waals surface area (Å²) in [5.41, 5.74) is 2.51. The third-order valence-corrected chi connectivity index (χ3v) is 6.76. The quantitative estimate of drug-likeness (QED) is 0.712. The highest BCUT2D eigenvalue weighted by Crippen LogP contribution is 2.43. The number of amides is 1. The van der Waals surface area contributed by atoms with Crippen molar-refractivity contribution >= 4 is 5.91 Å². The fraction of sp³-hybridized carbons (Fsp3) is 0.519. The Balaban J connectivity index is 1.44. The van der Waals surface area contributed by atoms with Crippen molar-refractivity contribution in [3.05, 3.63) is 59.2 Å². The van der Waals surface area contributed by atoms with Crippen LogP contribution in [0.1, 0.15) is 67.1 Å². The van der Waals surface area contributed by atoms with Crippen LogP contribution in [0.4, 0.5) is 0 Å². The molecule has 0 aromatic heterocycles. The summed E-state index contributed by atoms with van der Waals surface area (Å²) in [5.74, 6) is 1.17. The molecule has 2 atom stereocenters. The van der Waals surface area contributed by atoms with Crippen molar-refractivity contribution < 1.29 is 24.1 Å². The minimum atomic E-state index is -0.400. The van der Waals surface area contributed by atoms with Gasteiger partial charge in [0.1, 0.15) is 0 Å². The molecular weight excluding hydrogens is 418 g/mol. The number of aliphatic hydroxyl groups is 1. The van der Waals surface area contributed by atoms with E-state index in [2.05, 4.69) is 19.1 Å². The van der Waals surface area contributed by atoms with Crippen molar-refractivity contribution in [2.75, 3.05) is 20.2 Å². The molecule has 1 N–H and O–H groups in total. The van der Waals surface area contributed by atoms with Crippen LogP contribution in [0.5, 0.6) is 11.5 Å². The fourth-order valence-corrected chi connectivity index (χ4v) is 5.07. The first-order valence-corrected chi connectivity index (χ1v) is 11.9. The molecule has 2 heterocycles. The number of ether oxygens (including phenoxy) is 3. The third-order valence-electron chi connectivity index (χ3n) is 6.76. The van der Waals surface area contributed by atoms with E-state index in [9.17, 15) is 9.90 Å². The lowest BCUT2D eigenvalue weighted by Crippen LogP contribution is -2.52. The van der Waals surface area contributed by atoms with Crippen molar-refractivity contribution in [2.45, 2.75) is 70.4 Å². The number of carbonyl (C=O) groups excluding carboxylic acids is 1. The third kappa shape index (κ3) is 5.17. The molecule has 2 aromatic rings. The van der Waals surface area contributed by atoms with Gasteiger partial charge in [-0.25, -0.2) is 0 Å². The molecule has 2 aliphatic rings. The molecule has 0 aliphatic carbocycles. The monoisotopic (exact) mass is 453 g/mol. The number of nitrogens with zero attached hydrogens (tertiary/aromatic N) is 1. The molecule has 178 valence electrons. The van der Waals surface area contributed by atoms with Crippen LogP contribution >= 0.6 is 0 Å².